The molecule has 0 fully saturated rings. The monoisotopic (exact) mass is 1870 g/mol. The summed E-state index contributed by atoms with van der Waals surface area (Å²) in [7, 11) is 0. The third-order valence-corrected chi connectivity index (χ3v) is 23.9. The zero-order chi connectivity index (χ0) is 88.5. The van der Waals surface area contributed by atoms with Crippen LogP contribution in [0.4, 0.5) is 0 Å². The zero-order valence-electron chi connectivity index (χ0n) is 75.1. The number of carboxylic acid groups (broad SMARTS) is 2. The van der Waals surface area contributed by atoms with Crippen molar-refractivity contribution in [3.8, 4) is 68.0 Å². The van der Waals surface area contributed by atoms with Crippen molar-refractivity contribution in [3.63, 3.8) is 0 Å². The fraction of sp³-hybridized carbons (Fsp3) is 0.241. The molecule has 20 aromatic rings. The second kappa shape index (κ2) is 36.8. The van der Waals surface area contributed by atoms with Gasteiger partial charge < -0.3 is 38.5 Å². The molecule has 0 saturated heterocycles. The summed E-state index contributed by atoms with van der Waals surface area (Å²) < 4.78 is 22.5. The Kier molecular flexibility index (Phi) is 25.8. The first-order chi connectivity index (χ1) is 60.7. The van der Waals surface area contributed by atoms with Gasteiger partial charge in [0.2, 0.25) is 0 Å². The number of ether oxygens (including phenoxy) is 2. The predicted octanol–water partition coefficient (Wildman–Crippen LogP) is 27.8. The van der Waals surface area contributed by atoms with E-state index in [1.165, 1.54) is 66.8 Å². The van der Waals surface area contributed by atoms with E-state index < -0.39 is 11.9 Å². The fourth-order valence-corrected chi connectivity index (χ4v) is 18.4. The normalized spacial score (nSPS) is 11.8. The van der Waals surface area contributed by atoms with Crippen molar-refractivity contribution < 1.29 is 70.1 Å². The summed E-state index contributed by atoms with van der Waals surface area (Å²) in [6.07, 6.45) is 15.5. The van der Waals surface area contributed by atoms with Crippen LogP contribution < -0.4 is 9.47 Å². The SMILES string of the molecule is CC(=O)O.CC(=O)O.CC(C)c1cccc(C(C)C)c1-c1cnc2c3ccc(Oc4[c-]c5c(cc4)c4ncc(-c6c(C(C)C)cccc6C(C)C)n4c4cccnc54)[c-]c3c3ncccc3n12.CC(C)c1cccc(C(C)C)c1-c1cnc2c3ccc(Oc4ccc5c(c4)c4ncccc4n4c(-c6c(C(C)C)cccc6C(C)C)cnc54)cc3c3ncccc3n12.[Pd+2].[Pd]. The Bertz CT molecular complexity index is 6700. The van der Waals surface area contributed by atoms with Crippen molar-refractivity contribution in [2.75, 3.05) is 0 Å². The van der Waals surface area contributed by atoms with Crippen LogP contribution in [0.1, 0.15) is 216 Å². The Morgan fingerprint density at radius 1 is 0.297 bits per heavy atom. The standard InChI is InChI=1S/C52H48N6O.C52H46N6O.2C2H4O2.2Pd/c2*1-29(2)35-13-9-14-36(30(3)4)47(35)45-27-55-51-39-21-19-33(25-41(39)49-43(57(45)51)17-11-23-53-49)59-34-20-22-40-42(26-34)50-44(18-12-24-54-50)58-46(28-56-52(40)58)48-37(31(5)6)15-10-16-38(48)32(7)8;2*1-2(3)4;;/h9-32H,1-8H3;9-24,27-32H,1-8H3;2*1H3,(H,3,4);;/q;-2;;;;+2. The Labute approximate surface area is 771 Å². The molecule has 12 heterocycles. The second-order valence-corrected chi connectivity index (χ2v) is 35.1. The van der Waals surface area contributed by atoms with E-state index in [1.807, 2.05) is 98.1 Å². The molecule has 12 aromatic heterocycles. The number of imidazole rings is 4. The van der Waals surface area contributed by atoms with Gasteiger partial charge in [-0.2, -0.15) is 0 Å². The minimum absolute atomic E-state index is 0. The average Bonchev–Trinajstić information content (AvgIpc) is 1.52. The van der Waals surface area contributed by atoms with Crippen LogP contribution >= 0.6 is 0 Å². The minimum atomic E-state index is -0.833. The fourth-order valence-electron chi connectivity index (χ4n) is 18.4. The summed E-state index contributed by atoms with van der Waals surface area (Å²) in [6, 6.07) is 71.1. The number of nitrogens with zero attached hydrogens (tertiary/aromatic N) is 12. The topological polar surface area (TPSA) is 214 Å². The average molecular weight is 1880 g/mol. The number of rotatable bonds is 16. The first-order valence-corrected chi connectivity index (χ1v) is 43.5. The molecule has 0 bridgehead atoms. The number of benzene rings is 8. The Morgan fingerprint density at radius 3 is 0.789 bits per heavy atom. The molecule has 650 valence electrons. The molecule has 20 heteroatoms. The molecule has 0 aliphatic heterocycles. The molecule has 8 aromatic carbocycles. The summed E-state index contributed by atoms with van der Waals surface area (Å²) in [4.78, 5) is 58.2. The molecule has 0 radical (unpaired) electrons. The maximum atomic E-state index is 9.00. The van der Waals surface area contributed by atoms with Gasteiger partial charge in [-0.15, -0.1) is 22.9 Å². The van der Waals surface area contributed by atoms with Crippen LogP contribution in [0, 0.1) is 12.1 Å². The first-order valence-electron chi connectivity index (χ1n) is 43.5. The quantitative estimate of drug-likeness (QED) is 0.0523. The minimum Gasteiger partial charge on any atom is -0.497 e. The van der Waals surface area contributed by atoms with Gasteiger partial charge in [0.05, 0.1) is 69.6 Å². The van der Waals surface area contributed by atoms with Gasteiger partial charge in [0, 0.05) is 136 Å². The van der Waals surface area contributed by atoms with Crippen molar-refractivity contribution in [1.82, 2.24) is 57.5 Å². The van der Waals surface area contributed by atoms with E-state index >= 15 is 0 Å². The molecule has 0 unspecified atom stereocenters. The maximum absolute atomic E-state index is 9.00. The molecule has 0 atom stereocenters. The van der Waals surface area contributed by atoms with Crippen molar-refractivity contribution in [1.29, 1.82) is 0 Å². The van der Waals surface area contributed by atoms with Gasteiger partial charge >= 0.3 is 20.4 Å². The summed E-state index contributed by atoms with van der Waals surface area (Å²) in [5.41, 5.74) is 30.8. The van der Waals surface area contributed by atoms with Crippen molar-refractivity contribution >= 4 is 122 Å². The third-order valence-electron chi connectivity index (χ3n) is 23.9. The van der Waals surface area contributed by atoms with E-state index in [2.05, 4.69) is 274 Å². The van der Waals surface area contributed by atoms with Crippen molar-refractivity contribution in [2.24, 2.45) is 0 Å². The van der Waals surface area contributed by atoms with E-state index in [4.69, 9.17) is 69.1 Å². The van der Waals surface area contributed by atoms with Crippen LogP contribution in [0.15, 0.2) is 232 Å². The third kappa shape index (κ3) is 16.3. The largest absolute Gasteiger partial charge is 2.00 e. The molecule has 20 rings (SSSR count). The molecule has 0 saturated carbocycles. The van der Waals surface area contributed by atoms with Crippen LogP contribution in [-0.4, -0.2) is 79.6 Å². The van der Waals surface area contributed by atoms with Gasteiger partial charge in [0.25, 0.3) is 11.9 Å². The van der Waals surface area contributed by atoms with Crippen molar-refractivity contribution in [3.05, 3.63) is 288 Å². The number of carboxylic acids is 2. The molecule has 18 nitrogen and oxygen atoms in total. The molecule has 0 aliphatic carbocycles. The molecule has 0 amide bonds. The zero-order valence-corrected chi connectivity index (χ0v) is 78.2. The molecule has 0 aliphatic rings. The first kappa shape index (κ1) is 89.9. The van der Waals surface area contributed by atoms with E-state index in [9.17, 15) is 0 Å². The summed E-state index contributed by atoms with van der Waals surface area (Å²) in [5, 5.41) is 22.5. The second-order valence-electron chi connectivity index (χ2n) is 35.1. The van der Waals surface area contributed by atoms with Gasteiger partial charge in [0.15, 0.2) is 0 Å². The van der Waals surface area contributed by atoms with E-state index in [1.54, 1.807) is 0 Å². The molecule has 128 heavy (non-hydrogen) atoms. The number of hydrogen-bond donors (Lipinski definition) is 2. The van der Waals surface area contributed by atoms with E-state index in [0.717, 1.165) is 158 Å². The van der Waals surface area contributed by atoms with Crippen LogP contribution in [0.2, 0.25) is 0 Å². The Hall–Kier alpha value is -12.9. The predicted molar refractivity (Wildman–Crippen MR) is 511 cm³/mol. The number of aromatic nitrogens is 12. The smallest absolute Gasteiger partial charge is 0.497 e. The maximum Gasteiger partial charge on any atom is 2.00 e. The van der Waals surface area contributed by atoms with Gasteiger partial charge in [-0.05, 0) is 177 Å². The van der Waals surface area contributed by atoms with E-state index in [0.29, 0.717) is 58.8 Å². The van der Waals surface area contributed by atoms with Gasteiger partial charge in [-0.25, -0.2) is 19.9 Å². The Balaban J connectivity index is 0.000000179. The number of fused-ring (bicyclic) bond motifs is 24. The molecular weight excluding hydrogens is 1770 g/mol. The number of pyridine rings is 8. The summed E-state index contributed by atoms with van der Waals surface area (Å²) in [5.74, 6) is 3.73. The van der Waals surface area contributed by atoms with Crippen LogP contribution in [-0.2, 0) is 50.4 Å². The molecular formula is C108H102N12O6Pd2. The van der Waals surface area contributed by atoms with Gasteiger partial charge in [-0.3, -0.25) is 28.4 Å². The van der Waals surface area contributed by atoms with Gasteiger partial charge in [0.1, 0.15) is 34.1 Å². The Morgan fingerprint density at radius 2 is 0.531 bits per heavy atom. The van der Waals surface area contributed by atoms with E-state index in [-0.39, 0.29) is 40.8 Å². The van der Waals surface area contributed by atoms with Crippen LogP contribution in [0.5, 0.6) is 23.0 Å². The van der Waals surface area contributed by atoms with Gasteiger partial charge in [-0.1, -0.05) is 219 Å². The number of hydrogen-bond acceptors (Lipinski definition) is 12. The number of carbonyl (C=O) groups is 2. The van der Waals surface area contributed by atoms with Crippen LogP contribution in [0.25, 0.3) is 155 Å². The molecule has 0 spiro atoms. The van der Waals surface area contributed by atoms with Crippen LogP contribution in [0.3, 0.4) is 0 Å². The van der Waals surface area contributed by atoms with Crippen molar-refractivity contribution in [2.45, 2.75) is 172 Å². The summed E-state index contributed by atoms with van der Waals surface area (Å²) >= 11 is 0. The summed E-state index contributed by atoms with van der Waals surface area (Å²) in [6.45, 7) is 38.4. The molecule has 2 N–H and O–H groups in total. The number of aliphatic carboxylic acids is 2.